The summed E-state index contributed by atoms with van der Waals surface area (Å²) < 4.78 is 0. The van der Waals surface area contributed by atoms with Crippen LogP contribution in [0.15, 0.2) is 24.3 Å². The van der Waals surface area contributed by atoms with E-state index < -0.39 is 0 Å². The zero-order valence-corrected chi connectivity index (χ0v) is 13.4. The van der Waals surface area contributed by atoms with Crippen molar-refractivity contribution < 1.29 is 0 Å². The van der Waals surface area contributed by atoms with Crippen LogP contribution in [0.25, 0.3) is 0 Å². The molecule has 0 unspecified atom stereocenters. The van der Waals surface area contributed by atoms with Gasteiger partial charge in [-0.1, -0.05) is 52.0 Å². The highest BCUT2D eigenvalue weighted by atomic mass is 15.1. The number of likely N-dealkylation sites (N-methyl/N-ethyl adjacent to an activating group) is 1. The van der Waals surface area contributed by atoms with Gasteiger partial charge < -0.3 is 4.90 Å². The molecule has 0 aliphatic heterocycles. The minimum Gasteiger partial charge on any atom is -0.306 e. The van der Waals surface area contributed by atoms with E-state index in [1.54, 1.807) is 0 Å². The zero-order valence-electron chi connectivity index (χ0n) is 13.4. The van der Waals surface area contributed by atoms with E-state index in [9.17, 15) is 0 Å². The molecular weight excluding hydrogens is 230 g/mol. The summed E-state index contributed by atoms with van der Waals surface area (Å²) in [5, 5.41) is 0. The van der Waals surface area contributed by atoms with Crippen LogP contribution in [-0.4, -0.2) is 25.0 Å². The Morgan fingerprint density at radius 1 is 0.842 bits per heavy atom. The van der Waals surface area contributed by atoms with Crippen LogP contribution in [0.5, 0.6) is 0 Å². The SMILES string of the molecule is CC(C)CCc1ccc(CCN(C)CC(C)C)cc1. The van der Waals surface area contributed by atoms with Gasteiger partial charge in [0.2, 0.25) is 0 Å². The second-order valence-electron chi connectivity index (χ2n) is 6.66. The van der Waals surface area contributed by atoms with E-state index in [4.69, 9.17) is 0 Å². The van der Waals surface area contributed by atoms with Crippen molar-refractivity contribution in [3.63, 3.8) is 0 Å². The first-order valence-corrected chi connectivity index (χ1v) is 7.73. The molecular formula is C18H31N. The molecule has 1 nitrogen and oxygen atoms in total. The van der Waals surface area contributed by atoms with E-state index in [2.05, 4.69) is 63.9 Å². The average molecular weight is 261 g/mol. The fourth-order valence-corrected chi connectivity index (χ4v) is 2.36. The van der Waals surface area contributed by atoms with Gasteiger partial charge in [-0.2, -0.15) is 0 Å². The summed E-state index contributed by atoms with van der Waals surface area (Å²) in [4.78, 5) is 2.43. The van der Waals surface area contributed by atoms with Gasteiger partial charge in [-0.05, 0) is 49.3 Å². The van der Waals surface area contributed by atoms with Gasteiger partial charge in [0.1, 0.15) is 0 Å². The number of nitrogens with zero attached hydrogens (tertiary/aromatic N) is 1. The molecule has 0 aliphatic rings. The van der Waals surface area contributed by atoms with Gasteiger partial charge in [-0.15, -0.1) is 0 Å². The van der Waals surface area contributed by atoms with Gasteiger partial charge >= 0.3 is 0 Å². The molecule has 0 atom stereocenters. The first kappa shape index (κ1) is 16.2. The molecule has 0 heterocycles. The predicted molar refractivity (Wildman–Crippen MR) is 85.6 cm³/mol. The van der Waals surface area contributed by atoms with Crippen LogP contribution in [0, 0.1) is 11.8 Å². The number of hydrogen-bond acceptors (Lipinski definition) is 1. The molecule has 0 fully saturated rings. The van der Waals surface area contributed by atoms with Gasteiger partial charge in [-0.3, -0.25) is 0 Å². The molecule has 1 heteroatoms. The van der Waals surface area contributed by atoms with Crippen molar-refractivity contribution in [3.8, 4) is 0 Å². The Hall–Kier alpha value is -0.820. The third-order valence-corrected chi connectivity index (χ3v) is 3.49. The van der Waals surface area contributed by atoms with Crippen LogP contribution in [0.2, 0.25) is 0 Å². The second kappa shape index (κ2) is 8.37. The van der Waals surface area contributed by atoms with Crippen molar-refractivity contribution in [1.29, 1.82) is 0 Å². The highest BCUT2D eigenvalue weighted by Gasteiger charge is 2.02. The van der Waals surface area contributed by atoms with E-state index in [1.165, 1.54) is 30.5 Å². The van der Waals surface area contributed by atoms with E-state index >= 15 is 0 Å². The minimum atomic E-state index is 0.753. The lowest BCUT2D eigenvalue weighted by Gasteiger charge is -2.18. The summed E-state index contributed by atoms with van der Waals surface area (Å²) in [7, 11) is 2.22. The molecule has 0 aliphatic carbocycles. The Labute approximate surface area is 120 Å². The zero-order chi connectivity index (χ0) is 14.3. The first-order valence-electron chi connectivity index (χ1n) is 7.73. The summed E-state index contributed by atoms with van der Waals surface area (Å²) >= 11 is 0. The highest BCUT2D eigenvalue weighted by Crippen LogP contribution is 2.11. The van der Waals surface area contributed by atoms with E-state index in [1.807, 2.05) is 0 Å². The summed E-state index contributed by atoms with van der Waals surface area (Å²) in [6, 6.07) is 9.22. The van der Waals surface area contributed by atoms with Crippen molar-refractivity contribution in [2.24, 2.45) is 11.8 Å². The van der Waals surface area contributed by atoms with Crippen molar-refractivity contribution in [2.45, 2.75) is 47.0 Å². The Kier molecular flexibility index (Phi) is 7.15. The number of hydrogen-bond donors (Lipinski definition) is 0. The van der Waals surface area contributed by atoms with Crippen LogP contribution in [0.1, 0.15) is 45.2 Å². The number of benzene rings is 1. The monoisotopic (exact) mass is 261 g/mol. The fraction of sp³-hybridized carbons (Fsp3) is 0.667. The smallest absolute Gasteiger partial charge is 0.00189 e. The van der Waals surface area contributed by atoms with Crippen LogP contribution in [0.3, 0.4) is 0 Å². The molecule has 19 heavy (non-hydrogen) atoms. The quantitative estimate of drug-likeness (QED) is 0.670. The lowest BCUT2D eigenvalue weighted by Crippen LogP contribution is -2.25. The molecule has 0 N–H and O–H groups in total. The number of rotatable bonds is 8. The Balaban J connectivity index is 2.35. The Morgan fingerprint density at radius 2 is 1.37 bits per heavy atom. The lowest BCUT2D eigenvalue weighted by atomic mass is 10.0. The summed E-state index contributed by atoms with van der Waals surface area (Å²) in [5.74, 6) is 1.55. The maximum atomic E-state index is 2.43. The Morgan fingerprint density at radius 3 is 1.84 bits per heavy atom. The predicted octanol–water partition coefficient (Wildman–Crippen LogP) is 4.41. The van der Waals surface area contributed by atoms with E-state index in [0.29, 0.717) is 0 Å². The maximum Gasteiger partial charge on any atom is 0.00189 e. The molecule has 1 rings (SSSR count). The second-order valence-corrected chi connectivity index (χ2v) is 6.66. The summed E-state index contributed by atoms with van der Waals surface area (Å²) in [6.07, 6.45) is 3.66. The van der Waals surface area contributed by atoms with Gasteiger partial charge in [0.05, 0.1) is 0 Å². The maximum absolute atomic E-state index is 2.43. The molecule has 0 spiro atoms. The van der Waals surface area contributed by atoms with Crippen LogP contribution in [0.4, 0.5) is 0 Å². The number of aryl methyl sites for hydroxylation is 1. The van der Waals surface area contributed by atoms with Crippen LogP contribution >= 0.6 is 0 Å². The van der Waals surface area contributed by atoms with Crippen LogP contribution < -0.4 is 0 Å². The summed E-state index contributed by atoms with van der Waals surface area (Å²) in [6.45, 7) is 11.5. The summed E-state index contributed by atoms with van der Waals surface area (Å²) in [5.41, 5.74) is 2.94. The van der Waals surface area contributed by atoms with Gasteiger partial charge in [0.15, 0.2) is 0 Å². The van der Waals surface area contributed by atoms with Crippen LogP contribution in [-0.2, 0) is 12.8 Å². The van der Waals surface area contributed by atoms with Gasteiger partial charge in [-0.25, -0.2) is 0 Å². The normalized spacial score (nSPS) is 11.8. The molecule has 1 aromatic carbocycles. The van der Waals surface area contributed by atoms with Gasteiger partial charge in [0, 0.05) is 13.1 Å². The molecule has 0 saturated heterocycles. The van der Waals surface area contributed by atoms with Crippen molar-refractivity contribution >= 4 is 0 Å². The fourth-order valence-electron chi connectivity index (χ4n) is 2.36. The largest absolute Gasteiger partial charge is 0.306 e. The lowest BCUT2D eigenvalue weighted by molar-refractivity contribution is 0.299. The molecule has 0 aromatic heterocycles. The molecule has 0 radical (unpaired) electrons. The van der Waals surface area contributed by atoms with E-state index in [-0.39, 0.29) is 0 Å². The first-order chi connectivity index (χ1) is 8.97. The van der Waals surface area contributed by atoms with Gasteiger partial charge in [0.25, 0.3) is 0 Å². The highest BCUT2D eigenvalue weighted by molar-refractivity contribution is 5.22. The van der Waals surface area contributed by atoms with E-state index in [0.717, 1.165) is 24.8 Å². The van der Waals surface area contributed by atoms with Crippen molar-refractivity contribution in [3.05, 3.63) is 35.4 Å². The van der Waals surface area contributed by atoms with Crippen molar-refractivity contribution in [2.75, 3.05) is 20.1 Å². The molecule has 0 bridgehead atoms. The molecule has 0 saturated carbocycles. The third kappa shape index (κ3) is 7.37. The van der Waals surface area contributed by atoms with Crippen molar-refractivity contribution in [1.82, 2.24) is 4.90 Å². The topological polar surface area (TPSA) is 3.24 Å². The molecule has 108 valence electrons. The standard InChI is InChI=1S/C18H31N/c1-15(2)6-7-17-8-10-18(11-9-17)12-13-19(5)14-16(3)4/h8-11,15-16H,6-7,12-14H2,1-5H3. The Bertz CT molecular complexity index is 337. The molecule has 1 aromatic rings. The minimum absolute atomic E-state index is 0.753. The molecule has 0 amide bonds. The third-order valence-electron chi connectivity index (χ3n) is 3.49. The average Bonchev–Trinajstić information content (AvgIpc) is 2.34.